The number of nitrogens with zero attached hydrogens (tertiary/aromatic N) is 4. The summed E-state index contributed by atoms with van der Waals surface area (Å²) in [6.07, 6.45) is -3.16. The molecule has 3 atom stereocenters. The molecule has 0 radical (unpaired) electrons. The van der Waals surface area contributed by atoms with Crippen molar-refractivity contribution in [2.45, 2.75) is 43.4 Å². The summed E-state index contributed by atoms with van der Waals surface area (Å²) < 4.78 is 37.5. The van der Waals surface area contributed by atoms with Gasteiger partial charge in [-0.1, -0.05) is 5.21 Å². The van der Waals surface area contributed by atoms with Gasteiger partial charge in [0.05, 0.1) is 0 Å². The lowest BCUT2D eigenvalue weighted by Gasteiger charge is -2.24. The Balaban J connectivity index is 1.85. The normalized spacial score (nSPS) is 31.1. The standard InChI is InChI=1S/C9H10F3N5O/c10-9(11,12)8(18)17-4-1-2-6(17)5(3-4)7-13-15-16-14-7/h4-6H,1-3H2,(H,13,14,15,16)/t4-,5?,6+/m0/s1. The number of halogens is 3. The number of fused-ring (bicyclic) bond motifs is 2. The Kier molecular flexibility index (Phi) is 2.32. The number of hydrogen-bond donors (Lipinski definition) is 1. The first kappa shape index (κ1) is 11.4. The first-order chi connectivity index (χ1) is 8.48. The molecule has 1 amide bonds. The highest BCUT2D eigenvalue weighted by atomic mass is 19.4. The van der Waals surface area contributed by atoms with Crippen molar-refractivity contribution in [1.82, 2.24) is 25.5 Å². The minimum Gasteiger partial charge on any atom is -0.328 e. The highest BCUT2D eigenvalue weighted by Gasteiger charge is 2.56. The summed E-state index contributed by atoms with van der Waals surface area (Å²) in [5, 5.41) is 13.3. The van der Waals surface area contributed by atoms with Crippen molar-refractivity contribution < 1.29 is 18.0 Å². The van der Waals surface area contributed by atoms with E-state index in [1.807, 2.05) is 0 Å². The van der Waals surface area contributed by atoms with Gasteiger partial charge in [-0.05, 0) is 19.3 Å². The maximum atomic E-state index is 12.5. The van der Waals surface area contributed by atoms with Gasteiger partial charge in [0, 0.05) is 18.0 Å². The number of H-pyrrole nitrogens is 1. The average molecular weight is 261 g/mol. The van der Waals surface area contributed by atoms with Gasteiger partial charge in [0.2, 0.25) is 0 Å². The topological polar surface area (TPSA) is 74.8 Å². The molecule has 3 heterocycles. The fourth-order valence-corrected chi connectivity index (χ4v) is 3.06. The van der Waals surface area contributed by atoms with Crippen LogP contribution in [0.2, 0.25) is 0 Å². The van der Waals surface area contributed by atoms with E-state index in [0.29, 0.717) is 25.1 Å². The molecule has 2 fully saturated rings. The van der Waals surface area contributed by atoms with Crippen LogP contribution in [0.3, 0.4) is 0 Å². The lowest BCUT2D eigenvalue weighted by molar-refractivity contribution is -0.186. The Morgan fingerprint density at radius 2 is 2.17 bits per heavy atom. The smallest absolute Gasteiger partial charge is 0.328 e. The van der Waals surface area contributed by atoms with E-state index < -0.39 is 18.1 Å². The van der Waals surface area contributed by atoms with Crippen molar-refractivity contribution in [1.29, 1.82) is 0 Å². The van der Waals surface area contributed by atoms with Gasteiger partial charge in [-0.15, -0.1) is 10.2 Å². The Labute approximate surface area is 99.5 Å². The number of nitrogens with one attached hydrogen (secondary N) is 1. The molecular formula is C9H10F3N5O. The molecule has 6 nitrogen and oxygen atoms in total. The highest BCUT2D eigenvalue weighted by molar-refractivity contribution is 5.83. The van der Waals surface area contributed by atoms with Crippen LogP contribution in [-0.2, 0) is 4.79 Å². The van der Waals surface area contributed by atoms with Crippen LogP contribution >= 0.6 is 0 Å². The second-order valence-electron chi connectivity index (χ2n) is 4.62. The lowest BCUT2D eigenvalue weighted by atomic mass is 9.89. The largest absolute Gasteiger partial charge is 0.471 e. The summed E-state index contributed by atoms with van der Waals surface area (Å²) in [5.41, 5.74) is 0. The van der Waals surface area contributed by atoms with Gasteiger partial charge >= 0.3 is 12.1 Å². The zero-order valence-electron chi connectivity index (χ0n) is 9.18. The van der Waals surface area contributed by atoms with Crippen LogP contribution in [0.1, 0.15) is 31.0 Å². The zero-order valence-corrected chi connectivity index (χ0v) is 9.18. The summed E-state index contributed by atoms with van der Waals surface area (Å²) in [4.78, 5) is 12.3. The quantitative estimate of drug-likeness (QED) is 0.803. The Morgan fingerprint density at radius 1 is 1.39 bits per heavy atom. The molecule has 2 aliphatic rings. The van der Waals surface area contributed by atoms with E-state index >= 15 is 0 Å². The molecule has 1 unspecified atom stereocenters. The Bertz CT molecular complexity index is 459. The number of tetrazole rings is 1. The molecule has 9 heteroatoms. The number of aromatic amines is 1. The average Bonchev–Trinajstić information content (AvgIpc) is 3.02. The van der Waals surface area contributed by atoms with E-state index in [-0.39, 0.29) is 12.0 Å². The molecule has 0 spiro atoms. The summed E-state index contributed by atoms with van der Waals surface area (Å²) in [7, 11) is 0. The van der Waals surface area contributed by atoms with Gasteiger partial charge in [-0.3, -0.25) is 4.79 Å². The van der Waals surface area contributed by atoms with Crippen molar-refractivity contribution in [3.8, 4) is 0 Å². The van der Waals surface area contributed by atoms with Gasteiger partial charge in [-0.2, -0.15) is 18.4 Å². The molecule has 1 N–H and O–H groups in total. The molecule has 98 valence electrons. The van der Waals surface area contributed by atoms with Crippen LogP contribution in [0.5, 0.6) is 0 Å². The van der Waals surface area contributed by atoms with Gasteiger partial charge in [0.15, 0.2) is 5.82 Å². The number of carbonyl (C=O) groups is 1. The maximum Gasteiger partial charge on any atom is 0.471 e. The molecular weight excluding hydrogens is 251 g/mol. The third-order valence-corrected chi connectivity index (χ3v) is 3.71. The summed E-state index contributed by atoms with van der Waals surface area (Å²) in [6.45, 7) is 0. The number of carbonyl (C=O) groups excluding carboxylic acids is 1. The molecule has 1 aromatic rings. The van der Waals surface area contributed by atoms with Gasteiger partial charge in [-0.25, -0.2) is 0 Å². The van der Waals surface area contributed by atoms with Crippen LogP contribution in [0.25, 0.3) is 0 Å². The maximum absolute atomic E-state index is 12.5. The molecule has 0 saturated carbocycles. The third kappa shape index (κ3) is 1.57. The van der Waals surface area contributed by atoms with Crippen LogP contribution in [0.4, 0.5) is 13.2 Å². The number of aromatic nitrogens is 4. The fourth-order valence-electron chi connectivity index (χ4n) is 3.06. The zero-order chi connectivity index (χ0) is 12.9. The van der Waals surface area contributed by atoms with E-state index in [1.165, 1.54) is 0 Å². The molecule has 3 rings (SSSR count). The van der Waals surface area contributed by atoms with Crippen molar-refractivity contribution in [2.24, 2.45) is 0 Å². The minimum absolute atomic E-state index is 0.242. The predicted octanol–water partition coefficient (Wildman–Crippen LogP) is 0.609. The van der Waals surface area contributed by atoms with Crippen molar-refractivity contribution in [2.75, 3.05) is 0 Å². The van der Waals surface area contributed by atoms with Crippen molar-refractivity contribution >= 4 is 5.91 Å². The summed E-state index contributed by atoms with van der Waals surface area (Å²) in [5.74, 6) is -1.60. The molecule has 0 aromatic carbocycles. The van der Waals surface area contributed by atoms with Gasteiger partial charge in [0.25, 0.3) is 0 Å². The molecule has 2 saturated heterocycles. The highest BCUT2D eigenvalue weighted by Crippen LogP contribution is 2.47. The van der Waals surface area contributed by atoms with Crippen LogP contribution in [0.15, 0.2) is 0 Å². The van der Waals surface area contributed by atoms with Crippen molar-refractivity contribution in [3.05, 3.63) is 5.82 Å². The van der Waals surface area contributed by atoms with Crippen molar-refractivity contribution in [3.63, 3.8) is 0 Å². The molecule has 2 aliphatic heterocycles. The SMILES string of the molecule is O=C(N1[C@H]2CC[C@@H]1C(c1nn[nH]n1)C2)C(F)(F)F. The second kappa shape index (κ2) is 3.66. The van der Waals surface area contributed by atoms with E-state index in [0.717, 1.165) is 4.90 Å². The molecule has 2 bridgehead atoms. The second-order valence-corrected chi connectivity index (χ2v) is 4.62. The summed E-state index contributed by atoms with van der Waals surface area (Å²) >= 11 is 0. The van der Waals surface area contributed by atoms with Crippen LogP contribution < -0.4 is 0 Å². The first-order valence-electron chi connectivity index (χ1n) is 5.61. The number of alkyl halides is 3. The number of rotatable bonds is 1. The van der Waals surface area contributed by atoms with E-state index in [4.69, 9.17) is 0 Å². The molecule has 1 aromatic heterocycles. The molecule has 18 heavy (non-hydrogen) atoms. The van der Waals surface area contributed by atoms with Gasteiger partial charge < -0.3 is 4.90 Å². The summed E-state index contributed by atoms with van der Waals surface area (Å²) in [6, 6.07) is -0.811. The Morgan fingerprint density at radius 3 is 2.78 bits per heavy atom. The monoisotopic (exact) mass is 261 g/mol. The van der Waals surface area contributed by atoms with Crippen LogP contribution in [-0.4, -0.2) is 49.7 Å². The number of hydrogen-bond acceptors (Lipinski definition) is 4. The van der Waals surface area contributed by atoms with Crippen LogP contribution in [0, 0.1) is 0 Å². The Hall–Kier alpha value is -1.67. The number of amides is 1. The van der Waals surface area contributed by atoms with Gasteiger partial charge in [0.1, 0.15) is 0 Å². The van der Waals surface area contributed by atoms with E-state index in [9.17, 15) is 18.0 Å². The third-order valence-electron chi connectivity index (χ3n) is 3.71. The lowest BCUT2D eigenvalue weighted by Crippen LogP contribution is -2.44. The predicted molar refractivity (Wildman–Crippen MR) is 51.2 cm³/mol. The van der Waals surface area contributed by atoms with E-state index in [2.05, 4.69) is 20.6 Å². The first-order valence-corrected chi connectivity index (χ1v) is 5.61. The fraction of sp³-hybridized carbons (Fsp3) is 0.778. The molecule has 0 aliphatic carbocycles. The van der Waals surface area contributed by atoms with E-state index in [1.54, 1.807) is 0 Å². The minimum atomic E-state index is -4.81.